The highest BCUT2D eigenvalue weighted by Gasteiger charge is 2.02. The first-order valence-corrected chi connectivity index (χ1v) is 5.05. The van der Waals surface area contributed by atoms with Crippen LogP contribution in [0.2, 0.25) is 0 Å². The molecule has 0 saturated heterocycles. The molecular weight excluding hydrogens is 186 g/mol. The van der Waals surface area contributed by atoms with Crippen LogP contribution in [0.1, 0.15) is 25.5 Å². The molecule has 0 aliphatic rings. The van der Waals surface area contributed by atoms with Gasteiger partial charge in [0, 0.05) is 6.04 Å². The van der Waals surface area contributed by atoms with Crippen LogP contribution >= 0.6 is 0 Å². The Kier molecular flexibility index (Phi) is 4.73. The van der Waals surface area contributed by atoms with Gasteiger partial charge in [-0.25, -0.2) is 0 Å². The Balaban J connectivity index is 2.56. The molecule has 1 N–H and O–H groups in total. The van der Waals surface area contributed by atoms with Crippen LogP contribution in [0.25, 0.3) is 0 Å². The fourth-order valence-corrected chi connectivity index (χ4v) is 1.30. The quantitative estimate of drug-likeness (QED) is 0.758. The lowest BCUT2D eigenvalue weighted by atomic mass is 10.1. The summed E-state index contributed by atoms with van der Waals surface area (Å²) in [7, 11) is 1.67. The van der Waals surface area contributed by atoms with Crippen LogP contribution in [0, 0.1) is 11.8 Å². The molecule has 0 aliphatic carbocycles. The van der Waals surface area contributed by atoms with E-state index >= 15 is 0 Å². The van der Waals surface area contributed by atoms with Crippen molar-refractivity contribution < 1.29 is 4.74 Å². The summed E-state index contributed by atoms with van der Waals surface area (Å²) in [6.45, 7) is 4.70. The molecule has 1 atom stereocenters. The standard InChI is InChI=1S/C13H17NO/c1-4-5-10-14-11(2)12-6-8-13(15-3)9-7-12/h6-9,11,14H,10H2,1-3H3. The van der Waals surface area contributed by atoms with Gasteiger partial charge in [-0.1, -0.05) is 18.1 Å². The van der Waals surface area contributed by atoms with Gasteiger partial charge in [0.15, 0.2) is 0 Å². The first-order chi connectivity index (χ1) is 7.27. The van der Waals surface area contributed by atoms with Gasteiger partial charge < -0.3 is 4.74 Å². The smallest absolute Gasteiger partial charge is 0.118 e. The average Bonchev–Trinajstić information content (AvgIpc) is 2.29. The molecule has 0 amide bonds. The van der Waals surface area contributed by atoms with Gasteiger partial charge >= 0.3 is 0 Å². The highest BCUT2D eigenvalue weighted by molar-refractivity contribution is 5.28. The third-order valence-electron chi connectivity index (χ3n) is 2.29. The van der Waals surface area contributed by atoms with Crippen molar-refractivity contribution in [3.05, 3.63) is 29.8 Å². The number of ether oxygens (including phenoxy) is 1. The Labute approximate surface area is 91.6 Å². The topological polar surface area (TPSA) is 21.3 Å². The van der Waals surface area contributed by atoms with Gasteiger partial charge in [-0.05, 0) is 31.5 Å². The lowest BCUT2D eigenvalue weighted by molar-refractivity contribution is 0.414. The van der Waals surface area contributed by atoms with Crippen molar-refractivity contribution in [2.45, 2.75) is 19.9 Å². The van der Waals surface area contributed by atoms with Crippen molar-refractivity contribution >= 4 is 0 Å². The minimum Gasteiger partial charge on any atom is -0.497 e. The normalized spacial score (nSPS) is 11.4. The predicted octanol–water partition coefficient (Wildman–Crippen LogP) is 2.37. The van der Waals surface area contributed by atoms with Crippen LogP contribution < -0.4 is 10.1 Å². The summed E-state index contributed by atoms with van der Waals surface area (Å²) in [6.07, 6.45) is 0. The second-order valence-corrected chi connectivity index (χ2v) is 3.30. The molecule has 0 heterocycles. The van der Waals surface area contributed by atoms with Crippen LogP contribution in [0.5, 0.6) is 5.75 Å². The Morgan fingerprint density at radius 2 is 2.00 bits per heavy atom. The molecule has 0 spiro atoms. The Morgan fingerprint density at radius 3 is 2.53 bits per heavy atom. The summed E-state index contributed by atoms with van der Waals surface area (Å²) in [5.41, 5.74) is 1.24. The largest absolute Gasteiger partial charge is 0.497 e. The van der Waals surface area contributed by atoms with Crippen LogP contribution in [0.4, 0.5) is 0 Å². The highest BCUT2D eigenvalue weighted by Crippen LogP contribution is 2.16. The first kappa shape index (κ1) is 11.6. The number of rotatable bonds is 4. The SMILES string of the molecule is CC#CCNC(C)c1ccc(OC)cc1. The van der Waals surface area contributed by atoms with E-state index in [1.165, 1.54) is 5.56 Å². The highest BCUT2D eigenvalue weighted by atomic mass is 16.5. The molecule has 2 nitrogen and oxygen atoms in total. The third-order valence-corrected chi connectivity index (χ3v) is 2.29. The summed E-state index contributed by atoms with van der Waals surface area (Å²) in [5.74, 6) is 6.73. The van der Waals surface area contributed by atoms with Crippen molar-refractivity contribution in [3.63, 3.8) is 0 Å². The third kappa shape index (κ3) is 3.65. The van der Waals surface area contributed by atoms with E-state index in [2.05, 4.69) is 36.2 Å². The molecule has 1 unspecified atom stereocenters. The van der Waals surface area contributed by atoms with Crippen molar-refractivity contribution in [3.8, 4) is 17.6 Å². The molecule has 0 radical (unpaired) electrons. The number of hydrogen-bond acceptors (Lipinski definition) is 2. The van der Waals surface area contributed by atoms with E-state index in [1.54, 1.807) is 7.11 Å². The van der Waals surface area contributed by atoms with E-state index in [9.17, 15) is 0 Å². The number of benzene rings is 1. The summed E-state index contributed by atoms with van der Waals surface area (Å²) >= 11 is 0. The minimum absolute atomic E-state index is 0.316. The van der Waals surface area contributed by atoms with Gasteiger partial charge in [0.05, 0.1) is 13.7 Å². The number of methoxy groups -OCH3 is 1. The van der Waals surface area contributed by atoms with Crippen LogP contribution in [0.15, 0.2) is 24.3 Å². The molecule has 1 rings (SSSR count). The average molecular weight is 203 g/mol. The van der Waals surface area contributed by atoms with Crippen LogP contribution in [-0.4, -0.2) is 13.7 Å². The Morgan fingerprint density at radius 1 is 1.33 bits per heavy atom. The van der Waals surface area contributed by atoms with E-state index in [0.29, 0.717) is 6.04 Å². The molecule has 1 aromatic carbocycles. The molecule has 1 aromatic rings. The fourth-order valence-electron chi connectivity index (χ4n) is 1.30. The summed E-state index contributed by atoms with van der Waals surface area (Å²) in [4.78, 5) is 0. The van der Waals surface area contributed by atoms with E-state index < -0.39 is 0 Å². The van der Waals surface area contributed by atoms with Crippen LogP contribution in [-0.2, 0) is 0 Å². The molecule has 2 heteroatoms. The maximum Gasteiger partial charge on any atom is 0.118 e. The Bertz CT molecular complexity index is 345. The van der Waals surface area contributed by atoms with Gasteiger partial charge in [-0.2, -0.15) is 0 Å². The zero-order valence-corrected chi connectivity index (χ0v) is 9.50. The van der Waals surface area contributed by atoms with Crippen LogP contribution in [0.3, 0.4) is 0 Å². The van der Waals surface area contributed by atoms with Gasteiger partial charge in [-0.15, -0.1) is 5.92 Å². The molecule has 0 fully saturated rings. The molecule has 0 aliphatic heterocycles. The predicted molar refractivity (Wildman–Crippen MR) is 62.9 cm³/mol. The van der Waals surface area contributed by atoms with Crippen molar-refractivity contribution in [2.24, 2.45) is 0 Å². The number of nitrogens with one attached hydrogen (secondary N) is 1. The van der Waals surface area contributed by atoms with Crippen molar-refractivity contribution in [1.29, 1.82) is 0 Å². The minimum atomic E-state index is 0.316. The monoisotopic (exact) mass is 203 g/mol. The summed E-state index contributed by atoms with van der Waals surface area (Å²) < 4.78 is 5.10. The number of hydrogen-bond donors (Lipinski definition) is 1. The molecule has 80 valence electrons. The van der Waals surface area contributed by atoms with E-state index in [1.807, 2.05) is 19.1 Å². The zero-order chi connectivity index (χ0) is 11.1. The lowest BCUT2D eigenvalue weighted by Crippen LogP contribution is -2.18. The molecule has 15 heavy (non-hydrogen) atoms. The zero-order valence-electron chi connectivity index (χ0n) is 9.50. The summed E-state index contributed by atoms with van der Waals surface area (Å²) in [6, 6.07) is 8.39. The molecule has 0 saturated carbocycles. The first-order valence-electron chi connectivity index (χ1n) is 5.05. The lowest BCUT2D eigenvalue weighted by Gasteiger charge is -2.12. The maximum atomic E-state index is 5.10. The second kappa shape index (κ2) is 6.10. The second-order valence-electron chi connectivity index (χ2n) is 3.30. The van der Waals surface area contributed by atoms with Crippen molar-refractivity contribution in [2.75, 3.05) is 13.7 Å². The van der Waals surface area contributed by atoms with Gasteiger partial charge in [0.1, 0.15) is 5.75 Å². The molecule has 0 aromatic heterocycles. The molecular formula is C13H17NO. The molecule has 0 bridgehead atoms. The van der Waals surface area contributed by atoms with E-state index in [0.717, 1.165) is 12.3 Å². The van der Waals surface area contributed by atoms with Gasteiger partial charge in [0.25, 0.3) is 0 Å². The summed E-state index contributed by atoms with van der Waals surface area (Å²) in [5, 5.41) is 3.32. The van der Waals surface area contributed by atoms with Gasteiger partial charge in [-0.3, -0.25) is 5.32 Å². The Hall–Kier alpha value is -1.46. The van der Waals surface area contributed by atoms with E-state index in [4.69, 9.17) is 4.74 Å². The fraction of sp³-hybridized carbons (Fsp3) is 0.385. The maximum absolute atomic E-state index is 5.10. The van der Waals surface area contributed by atoms with Gasteiger partial charge in [0.2, 0.25) is 0 Å². The van der Waals surface area contributed by atoms with E-state index in [-0.39, 0.29) is 0 Å². The van der Waals surface area contributed by atoms with Crippen molar-refractivity contribution in [1.82, 2.24) is 5.32 Å².